The number of fused-ring (bicyclic) bond motifs is 5. The fourth-order valence-electron chi connectivity index (χ4n) is 9.25. The molecular weight excluding hydrogens is 420 g/mol. The Bertz CT molecular complexity index is 727. The summed E-state index contributed by atoms with van der Waals surface area (Å²) in [6.07, 6.45) is 5.34. The molecule has 5 N–H and O–H groups in total. The first kappa shape index (κ1) is 25.4. The van der Waals surface area contributed by atoms with Gasteiger partial charge < -0.3 is 25.5 Å². The minimum absolute atomic E-state index is 0.0232. The quantitative estimate of drug-likeness (QED) is 0.409. The van der Waals surface area contributed by atoms with Crippen molar-refractivity contribution in [3.05, 3.63) is 0 Å². The van der Waals surface area contributed by atoms with Crippen LogP contribution >= 0.6 is 0 Å². The molecule has 0 bridgehead atoms. The molecule has 4 fully saturated rings. The Balaban J connectivity index is 1.51. The lowest BCUT2D eigenvalue weighted by Crippen LogP contribution is -2.61. The summed E-state index contributed by atoms with van der Waals surface area (Å²) in [6.45, 7) is 8.32. The molecule has 0 spiro atoms. The Morgan fingerprint density at radius 3 is 2.30 bits per heavy atom. The Morgan fingerprint density at radius 2 is 1.64 bits per heavy atom. The van der Waals surface area contributed by atoms with Gasteiger partial charge >= 0.3 is 5.97 Å². The van der Waals surface area contributed by atoms with Gasteiger partial charge in [-0.3, -0.25) is 4.79 Å². The fourth-order valence-corrected chi connectivity index (χ4v) is 9.25. The van der Waals surface area contributed by atoms with Gasteiger partial charge in [-0.05, 0) is 111 Å². The predicted molar refractivity (Wildman–Crippen MR) is 125 cm³/mol. The number of hydrogen-bond acceptors (Lipinski definition) is 5. The van der Waals surface area contributed by atoms with Gasteiger partial charge in [-0.25, -0.2) is 0 Å². The van der Waals surface area contributed by atoms with Crippen LogP contribution in [-0.2, 0) is 4.79 Å². The molecule has 4 saturated carbocycles. The van der Waals surface area contributed by atoms with E-state index in [-0.39, 0.29) is 35.1 Å². The first-order chi connectivity index (χ1) is 15.4. The number of rotatable bonds is 6. The van der Waals surface area contributed by atoms with E-state index in [1.165, 1.54) is 0 Å². The highest BCUT2D eigenvalue weighted by Gasteiger charge is 2.65. The zero-order valence-electron chi connectivity index (χ0n) is 20.9. The van der Waals surface area contributed by atoms with Gasteiger partial charge in [0.2, 0.25) is 0 Å². The lowest BCUT2D eigenvalue weighted by atomic mass is 9.43. The van der Waals surface area contributed by atoms with Crippen molar-refractivity contribution in [3.8, 4) is 0 Å². The molecule has 4 aliphatic carbocycles. The van der Waals surface area contributed by atoms with Crippen molar-refractivity contribution < 1.29 is 30.3 Å². The second kappa shape index (κ2) is 9.07. The van der Waals surface area contributed by atoms with E-state index >= 15 is 0 Å². The number of aliphatic carboxylic acids is 1. The van der Waals surface area contributed by atoms with Crippen LogP contribution < -0.4 is 0 Å². The van der Waals surface area contributed by atoms with Crippen LogP contribution in [0.5, 0.6) is 0 Å². The van der Waals surface area contributed by atoms with Gasteiger partial charge in [0.15, 0.2) is 0 Å². The molecule has 4 rings (SSSR count). The summed E-state index contributed by atoms with van der Waals surface area (Å²) in [5.74, 6) is 0.184. The van der Waals surface area contributed by atoms with Gasteiger partial charge in [0.25, 0.3) is 0 Å². The number of carboxylic acids is 1. The van der Waals surface area contributed by atoms with E-state index in [4.69, 9.17) is 0 Å². The largest absolute Gasteiger partial charge is 0.481 e. The van der Waals surface area contributed by atoms with E-state index in [0.29, 0.717) is 42.4 Å². The molecule has 6 nitrogen and oxygen atoms in total. The average Bonchev–Trinajstić information content (AvgIpc) is 3.13. The second-order valence-electron chi connectivity index (χ2n) is 12.8. The number of carboxylic acid groups (broad SMARTS) is 1. The van der Waals surface area contributed by atoms with Crippen molar-refractivity contribution in [2.75, 3.05) is 0 Å². The van der Waals surface area contributed by atoms with Crippen molar-refractivity contribution in [2.24, 2.45) is 52.3 Å². The summed E-state index contributed by atoms with van der Waals surface area (Å²) in [6, 6.07) is 0. The lowest BCUT2D eigenvalue weighted by molar-refractivity contribution is -0.202. The highest BCUT2D eigenvalue weighted by Crippen LogP contribution is 2.68. The van der Waals surface area contributed by atoms with Crippen LogP contribution in [0, 0.1) is 52.3 Å². The van der Waals surface area contributed by atoms with Crippen LogP contribution in [0.1, 0.15) is 85.5 Å². The summed E-state index contributed by atoms with van der Waals surface area (Å²) in [5, 5.41) is 52.5. The van der Waals surface area contributed by atoms with Crippen molar-refractivity contribution >= 4 is 5.97 Å². The van der Waals surface area contributed by atoms with Crippen molar-refractivity contribution in [1.82, 2.24) is 0 Å². The first-order valence-electron chi connectivity index (χ1n) is 13.4. The van der Waals surface area contributed by atoms with Crippen molar-refractivity contribution in [1.29, 1.82) is 0 Å². The fraction of sp³-hybridized carbons (Fsp3) is 0.963. The Kier molecular flexibility index (Phi) is 6.98. The zero-order valence-corrected chi connectivity index (χ0v) is 20.9. The first-order valence-corrected chi connectivity index (χ1v) is 13.4. The molecule has 33 heavy (non-hydrogen) atoms. The van der Waals surface area contributed by atoms with E-state index in [2.05, 4.69) is 20.8 Å². The van der Waals surface area contributed by atoms with E-state index in [0.717, 1.165) is 44.9 Å². The highest BCUT2D eigenvalue weighted by molar-refractivity contribution is 5.70. The zero-order chi connectivity index (χ0) is 24.3. The van der Waals surface area contributed by atoms with E-state index in [1.807, 2.05) is 0 Å². The van der Waals surface area contributed by atoms with Crippen LogP contribution in [0.2, 0.25) is 0 Å². The molecule has 0 aromatic rings. The molecule has 13 atom stereocenters. The monoisotopic (exact) mass is 466 g/mol. The van der Waals surface area contributed by atoms with E-state index in [1.54, 1.807) is 6.92 Å². The maximum absolute atomic E-state index is 11.6. The lowest BCUT2D eigenvalue weighted by Gasteiger charge is -2.63. The number of aliphatic hydroxyl groups is 4. The van der Waals surface area contributed by atoms with Crippen molar-refractivity contribution in [3.63, 3.8) is 0 Å². The van der Waals surface area contributed by atoms with Gasteiger partial charge in [-0.2, -0.15) is 0 Å². The van der Waals surface area contributed by atoms with Gasteiger partial charge in [0.1, 0.15) is 0 Å². The van der Waals surface area contributed by atoms with E-state index in [9.17, 15) is 30.3 Å². The maximum atomic E-state index is 11.6. The van der Waals surface area contributed by atoms with Crippen LogP contribution in [0.3, 0.4) is 0 Å². The van der Waals surface area contributed by atoms with Gasteiger partial charge in [-0.1, -0.05) is 20.8 Å². The molecule has 0 radical (unpaired) electrons. The minimum atomic E-state index is -0.963. The standard InChI is InChI=1S/C27H46O6/c1-14(5-8-22(29)15(2)25(32)33)18-6-7-19-17-12-23(30)21-11-16(28)9-10-26(21,3)20(17)13-24(31)27(18,19)4/h14-24,28-31H,5-13H2,1-4H3,(H,32,33)/t14-,15?,16-,17+,18-,19+,20+,21+,22?,23-,24+,26-,27-/m1/s1. The van der Waals surface area contributed by atoms with Crippen LogP contribution in [-0.4, -0.2) is 55.9 Å². The smallest absolute Gasteiger partial charge is 0.308 e. The molecule has 190 valence electrons. The SMILES string of the molecule is CC(C(=O)O)C(O)CC[C@@H](C)[C@H]1CC[C@H]2[C@@H]3C[C@@H](O)[C@@H]4C[C@H](O)CC[C@]4(C)[C@H]3C[C@H](O)[C@]12C. The van der Waals surface area contributed by atoms with Crippen LogP contribution in [0.25, 0.3) is 0 Å². The van der Waals surface area contributed by atoms with Crippen molar-refractivity contribution in [2.45, 2.75) is 110 Å². The summed E-state index contributed by atoms with van der Waals surface area (Å²) >= 11 is 0. The molecule has 0 heterocycles. The average molecular weight is 467 g/mol. The Labute approximate surface area is 198 Å². The normalized spacial score (nSPS) is 49.9. The second-order valence-corrected chi connectivity index (χ2v) is 12.8. The number of aliphatic hydroxyl groups excluding tert-OH is 4. The topological polar surface area (TPSA) is 118 Å². The molecule has 0 aromatic carbocycles. The number of hydrogen-bond donors (Lipinski definition) is 5. The molecular formula is C27H46O6. The molecule has 0 amide bonds. The van der Waals surface area contributed by atoms with E-state index < -0.39 is 18.0 Å². The van der Waals surface area contributed by atoms with Gasteiger partial charge in [0, 0.05) is 0 Å². The molecule has 0 saturated heterocycles. The molecule has 6 heteroatoms. The third-order valence-corrected chi connectivity index (χ3v) is 11.4. The third-order valence-electron chi connectivity index (χ3n) is 11.4. The molecule has 2 unspecified atom stereocenters. The Morgan fingerprint density at radius 1 is 0.939 bits per heavy atom. The third kappa shape index (κ3) is 4.07. The summed E-state index contributed by atoms with van der Waals surface area (Å²) in [7, 11) is 0. The van der Waals surface area contributed by atoms with Crippen LogP contribution in [0.4, 0.5) is 0 Å². The summed E-state index contributed by atoms with van der Waals surface area (Å²) in [5.41, 5.74) is -0.230. The molecule has 0 aromatic heterocycles. The molecule has 0 aliphatic heterocycles. The highest BCUT2D eigenvalue weighted by atomic mass is 16.4. The minimum Gasteiger partial charge on any atom is -0.481 e. The maximum Gasteiger partial charge on any atom is 0.308 e. The predicted octanol–water partition coefficient (Wildman–Crippen LogP) is 3.45. The Hall–Kier alpha value is -0.690. The van der Waals surface area contributed by atoms with Crippen LogP contribution in [0.15, 0.2) is 0 Å². The van der Waals surface area contributed by atoms with Gasteiger partial charge in [-0.15, -0.1) is 0 Å². The molecule has 4 aliphatic rings. The summed E-state index contributed by atoms with van der Waals surface area (Å²) in [4.78, 5) is 11.2. The number of carbonyl (C=O) groups is 1. The summed E-state index contributed by atoms with van der Waals surface area (Å²) < 4.78 is 0. The van der Waals surface area contributed by atoms with Gasteiger partial charge in [0.05, 0.1) is 30.3 Å².